The monoisotopic (exact) mass is 410 g/mol. The molecule has 0 N–H and O–H groups in total. The first-order valence-electron chi connectivity index (χ1n) is 7.04. The fraction of sp³-hybridized carbons (Fsp3) is 0.375. The van der Waals surface area contributed by atoms with E-state index in [1.807, 2.05) is 18.2 Å². The molecule has 0 unspecified atom stereocenters. The van der Waals surface area contributed by atoms with Crippen molar-refractivity contribution in [2.45, 2.75) is 38.5 Å². The van der Waals surface area contributed by atoms with Gasteiger partial charge < -0.3 is 4.74 Å². The third-order valence-electron chi connectivity index (χ3n) is 3.44. The molecule has 1 heterocycles. The number of halogens is 2. The van der Waals surface area contributed by atoms with E-state index in [1.54, 1.807) is 0 Å². The molecule has 0 spiro atoms. The van der Waals surface area contributed by atoms with Gasteiger partial charge in [0, 0.05) is 16.5 Å². The number of hydrogen-bond donors (Lipinski definition) is 0. The molecule has 21 heavy (non-hydrogen) atoms. The maximum atomic E-state index is 6.02. The normalized spacial score (nSPS) is 14.5. The van der Waals surface area contributed by atoms with Crippen molar-refractivity contribution in [1.82, 2.24) is 9.97 Å². The van der Waals surface area contributed by atoms with Crippen LogP contribution in [0.4, 0.5) is 0 Å². The smallest absolute Gasteiger partial charge is 0.223 e. The lowest BCUT2D eigenvalue weighted by atomic mass is 10.0. The highest BCUT2D eigenvalue weighted by Crippen LogP contribution is 2.40. The Balaban J connectivity index is 1.93. The van der Waals surface area contributed by atoms with E-state index in [9.17, 15) is 0 Å². The summed E-state index contributed by atoms with van der Waals surface area (Å²) in [5.41, 5.74) is 1.16. The molecule has 1 aromatic carbocycles. The summed E-state index contributed by atoms with van der Waals surface area (Å²) in [5, 5.41) is 0. The summed E-state index contributed by atoms with van der Waals surface area (Å²) in [6.07, 6.45) is 2.34. The Bertz CT molecular complexity index is 669. The summed E-state index contributed by atoms with van der Waals surface area (Å²) < 4.78 is 7.86. The van der Waals surface area contributed by atoms with E-state index < -0.39 is 0 Å². The Morgan fingerprint density at radius 2 is 1.90 bits per heavy atom. The van der Waals surface area contributed by atoms with Crippen LogP contribution in [0.3, 0.4) is 0 Å². The fourth-order valence-corrected chi connectivity index (χ4v) is 2.92. The highest BCUT2D eigenvalue weighted by Gasteiger charge is 2.27. The maximum Gasteiger partial charge on any atom is 0.223 e. The van der Waals surface area contributed by atoms with Crippen molar-refractivity contribution in [2.24, 2.45) is 0 Å². The highest BCUT2D eigenvalue weighted by molar-refractivity contribution is 9.10. The van der Waals surface area contributed by atoms with Crippen LogP contribution in [0.25, 0.3) is 0 Å². The Morgan fingerprint density at radius 3 is 2.57 bits per heavy atom. The Labute approximate surface area is 141 Å². The SMILES string of the molecule is CC(C)c1cc(Br)ccc1Oc1cc(Br)nc(C2CC2)n1. The van der Waals surface area contributed by atoms with Crippen LogP contribution in [-0.2, 0) is 0 Å². The van der Waals surface area contributed by atoms with Crippen LogP contribution >= 0.6 is 31.9 Å². The molecule has 0 amide bonds. The number of ether oxygens (including phenoxy) is 1. The minimum Gasteiger partial charge on any atom is -0.439 e. The molecule has 1 aromatic heterocycles. The van der Waals surface area contributed by atoms with Gasteiger partial charge in [-0.05, 0) is 58.5 Å². The Hall–Kier alpha value is -0.940. The molecule has 0 radical (unpaired) electrons. The topological polar surface area (TPSA) is 35.0 Å². The standard InChI is InChI=1S/C16H16Br2N2O/c1-9(2)12-7-11(17)5-6-13(12)21-15-8-14(18)19-16(20-15)10-3-4-10/h5-10H,3-4H2,1-2H3. The van der Waals surface area contributed by atoms with E-state index in [2.05, 4.69) is 61.7 Å². The molecule has 1 fully saturated rings. The van der Waals surface area contributed by atoms with Crippen LogP contribution in [0.15, 0.2) is 33.3 Å². The molecule has 0 bridgehead atoms. The van der Waals surface area contributed by atoms with Gasteiger partial charge in [0.2, 0.25) is 5.88 Å². The Kier molecular flexibility index (Phi) is 4.31. The fourth-order valence-electron chi connectivity index (χ4n) is 2.17. The van der Waals surface area contributed by atoms with Crippen LogP contribution < -0.4 is 4.74 Å². The highest BCUT2D eigenvalue weighted by atomic mass is 79.9. The molecule has 5 heteroatoms. The number of rotatable bonds is 4. The molecule has 3 nitrogen and oxygen atoms in total. The molecule has 1 aliphatic carbocycles. The molecule has 110 valence electrons. The number of nitrogens with zero attached hydrogens (tertiary/aromatic N) is 2. The maximum absolute atomic E-state index is 6.02. The van der Waals surface area contributed by atoms with Crippen molar-refractivity contribution >= 4 is 31.9 Å². The molecule has 3 rings (SSSR count). The van der Waals surface area contributed by atoms with Crippen LogP contribution in [-0.4, -0.2) is 9.97 Å². The molecular formula is C16H16Br2N2O. The summed E-state index contributed by atoms with van der Waals surface area (Å²) in [6.45, 7) is 4.31. The molecule has 0 saturated heterocycles. The van der Waals surface area contributed by atoms with Crippen LogP contribution in [0, 0.1) is 0 Å². The summed E-state index contributed by atoms with van der Waals surface area (Å²) in [7, 11) is 0. The van der Waals surface area contributed by atoms with E-state index in [1.165, 1.54) is 12.8 Å². The zero-order valence-corrected chi connectivity index (χ0v) is 15.1. The zero-order valence-electron chi connectivity index (χ0n) is 11.9. The second-order valence-corrected chi connectivity index (χ2v) is 7.33. The molecule has 1 saturated carbocycles. The number of hydrogen-bond acceptors (Lipinski definition) is 3. The van der Waals surface area contributed by atoms with Crippen molar-refractivity contribution in [2.75, 3.05) is 0 Å². The quantitative estimate of drug-likeness (QED) is 0.596. The molecular weight excluding hydrogens is 396 g/mol. The Morgan fingerprint density at radius 1 is 1.14 bits per heavy atom. The first-order chi connectivity index (χ1) is 10.0. The van der Waals surface area contributed by atoms with Gasteiger partial charge in [-0.25, -0.2) is 4.98 Å². The van der Waals surface area contributed by atoms with Crippen molar-refractivity contribution in [3.8, 4) is 11.6 Å². The average Bonchev–Trinajstić information content (AvgIpc) is 3.24. The van der Waals surface area contributed by atoms with Gasteiger partial charge in [0.05, 0.1) is 0 Å². The minimum atomic E-state index is 0.380. The van der Waals surface area contributed by atoms with Crippen LogP contribution in [0.1, 0.15) is 49.9 Å². The third-order valence-corrected chi connectivity index (χ3v) is 4.34. The lowest BCUT2D eigenvalue weighted by molar-refractivity contribution is 0.449. The first-order valence-corrected chi connectivity index (χ1v) is 8.63. The number of aromatic nitrogens is 2. The van der Waals surface area contributed by atoms with E-state index in [0.29, 0.717) is 17.7 Å². The van der Waals surface area contributed by atoms with Crippen molar-refractivity contribution in [1.29, 1.82) is 0 Å². The van der Waals surface area contributed by atoms with Crippen molar-refractivity contribution in [3.05, 3.63) is 44.7 Å². The van der Waals surface area contributed by atoms with Crippen molar-refractivity contribution in [3.63, 3.8) is 0 Å². The number of benzene rings is 1. The van der Waals surface area contributed by atoms with Gasteiger partial charge >= 0.3 is 0 Å². The minimum absolute atomic E-state index is 0.380. The van der Waals surface area contributed by atoms with E-state index in [-0.39, 0.29) is 0 Å². The lowest BCUT2D eigenvalue weighted by Crippen LogP contribution is -1.99. The lowest BCUT2D eigenvalue weighted by Gasteiger charge is -2.14. The van der Waals surface area contributed by atoms with Gasteiger partial charge in [0.25, 0.3) is 0 Å². The summed E-state index contributed by atoms with van der Waals surface area (Å²) >= 11 is 6.95. The van der Waals surface area contributed by atoms with Gasteiger partial charge in [0.15, 0.2) is 0 Å². The second-order valence-electron chi connectivity index (χ2n) is 5.60. The predicted molar refractivity (Wildman–Crippen MR) is 90.0 cm³/mol. The second kappa shape index (κ2) is 6.05. The first kappa shape index (κ1) is 15.0. The molecule has 0 atom stereocenters. The van der Waals surface area contributed by atoms with Gasteiger partial charge in [-0.2, -0.15) is 4.98 Å². The van der Waals surface area contributed by atoms with Gasteiger partial charge in [-0.3, -0.25) is 0 Å². The molecule has 2 aromatic rings. The van der Waals surface area contributed by atoms with E-state index >= 15 is 0 Å². The third kappa shape index (κ3) is 3.64. The summed E-state index contributed by atoms with van der Waals surface area (Å²) in [4.78, 5) is 8.97. The molecule has 0 aliphatic heterocycles. The van der Waals surface area contributed by atoms with Crippen LogP contribution in [0.5, 0.6) is 11.6 Å². The van der Waals surface area contributed by atoms with E-state index in [0.717, 1.165) is 26.2 Å². The summed E-state index contributed by atoms with van der Waals surface area (Å²) in [6, 6.07) is 7.88. The van der Waals surface area contributed by atoms with Gasteiger partial charge in [-0.15, -0.1) is 0 Å². The largest absolute Gasteiger partial charge is 0.439 e. The van der Waals surface area contributed by atoms with Crippen LogP contribution in [0.2, 0.25) is 0 Å². The molecule has 1 aliphatic rings. The van der Waals surface area contributed by atoms with Gasteiger partial charge in [-0.1, -0.05) is 29.8 Å². The zero-order chi connectivity index (χ0) is 15.0. The van der Waals surface area contributed by atoms with Crippen molar-refractivity contribution < 1.29 is 4.74 Å². The van der Waals surface area contributed by atoms with E-state index in [4.69, 9.17) is 4.74 Å². The average molecular weight is 412 g/mol. The predicted octanol–water partition coefficient (Wildman–Crippen LogP) is 5.79. The van der Waals surface area contributed by atoms with Gasteiger partial charge in [0.1, 0.15) is 16.2 Å². The summed E-state index contributed by atoms with van der Waals surface area (Å²) in [5.74, 6) is 3.20.